The van der Waals surface area contributed by atoms with Crippen molar-refractivity contribution in [2.45, 2.75) is 39.7 Å². The summed E-state index contributed by atoms with van der Waals surface area (Å²) in [5.41, 5.74) is 1.99. The number of ketones is 1. The van der Waals surface area contributed by atoms with Crippen LogP contribution in [0.15, 0.2) is 18.2 Å². The molecule has 1 heterocycles. The van der Waals surface area contributed by atoms with Crippen LogP contribution in [-0.2, 0) is 4.79 Å². The van der Waals surface area contributed by atoms with E-state index in [9.17, 15) is 14.9 Å². The number of carbonyl (C=O) groups is 2. The lowest BCUT2D eigenvalue weighted by Crippen LogP contribution is -2.43. The Bertz CT molecular complexity index is 668. The second-order valence-corrected chi connectivity index (χ2v) is 6.70. The molecule has 0 atom stereocenters. The minimum absolute atomic E-state index is 0.00985. The van der Waals surface area contributed by atoms with Crippen LogP contribution >= 0.6 is 0 Å². The van der Waals surface area contributed by atoms with E-state index >= 15 is 0 Å². The lowest BCUT2D eigenvalue weighted by molar-refractivity contribution is -0.136. The van der Waals surface area contributed by atoms with Gasteiger partial charge in [-0.15, -0.1) is 0 Å². The van der Waals surface area contributed by atoms with Crippen LogP contribution in [0.2, 0.25) is 0 Å². The van der Waals surface area contributed by atoms with E-state index in [0.717, 1.165) is 31.6 Å². The van der Waals surface area contributed by atoms with Gasteiger partial charge in [-0.1, -0.05) is 0 Å². The average Bonchev–Trinajstić information content (AvgIpc) is 2.59. The SMILES string of the molecule is CC(=O)c1ccc(C#N)c(N2CCC(C(=O)N(C)C(C)C)CC2)c1. The number of hydrogen-bond donors (Lipinski definition) is 0. The molecule has 1 saturated heterocycles. The minimum atomic E-state index is -0.00985. The van der Waals surface area contributed by atoms with E-state index in [1.807, 2.05) is 20.9 Å². The van der Waals surface area contributed by atoms with E-state index < -0.39 is 0 Å². The predicted octanol–water partition coefficient (Wildman–Crippen LogP) is 2.84. The summed E-state index contributed by atoms with van der Waals surface area (Å²) in [5, 5.41) is 9.33. The molecule has 1 amide bonds. The Morgan fingerprint density at radius 3 is 2.42 bits per heavy atom. The molecule has 24 heavy (non-hydrogen) atoms. The fourth-order valence-corrected chi connectivity index (χ4v) is 3.02. The minimum Gasteiger partial charge on any atom is -0.370 e. The molecule has 0 unspecified atom stereocenters. The summed E-state index contributed by atoms with van der Waals surface area (Å²) in [6, 6.07) is 7.59. The third kappa shape index (κ3) is 3.76. The molecule has 5 nitrogen and oxygen atoms in total. The van der Waals surface area contributed by atoms with Gasteiger partial charge in [-0.25, -0.2) is 0 Å². The molecule has 5 heteroatoms. The van der Waals surface area contributed by atoms with Crippen molar-refractivity contribution in [3.05, 3.63) is 29.3 Å². The molecule has 0 radical (unpaired) electrons. The lowest BCUT2D eigenvalue weighted by atomic mass is 9.94. The zero-order chi connectivity index (χ0) is 17.9. The maximum absolute atomic E-state index is 12.5. The molecule has 1 aliphatic rings. The first-order valence-electron chi connectivity index (χ1n) is 8.41. The molecule has 1 fully saturated rings. The first-order chi connectivity index (χ1) is 11.3. The van der Waals surface area contributed by atoms with Gasteiger partial charge in [0.05, 0.1) is 11.3 Å². The highest BCUT2D eigenvalue weighted by Crippen LogP contribution is 2.28. The summed E-state index contributed by atoms with van der Waals surface area (Å²) >= 11 is 0. The molecule has 1 aliphatic heterocycles. The smallest absolute Gasteiger partial charge is 0.225 e. The van der Waals surface area contributed by atoms with Crippen molar-refractivity contribution >= 4 is 17.4 Å². The predicted molar refractivity (Wildman–Crippen MR) is 94.0 cm³/mol. The Balaban J connectivity index is 2.12. The number of nitriles is 1. The number of carbonyl (C=O) groups excluding carboxylic acids is 2. The van der Waals surface area contributed by atoms with E-state index in [4.69, 9.17) is 0 Å². The number of piperidine rings is 1. The standard InChI is InChI=1S/C19H25N3O2/c1-13(2)21(4)19(24)15-7-9-22(10-8-15)18-11-16(14(3)23)5-6-17(18)12-20/h5-6,11,13,15H,7-10H2,1-4H3. The molecule has 1 aromatic carbocycles. The van der Waals surface area contributed by atoms with Crippen LogP contribution < -0.4 is 4.90 Å². The summed E-state index contributed by atoms with van der Waals surface area (Å²) in [4.78, 5) is 28.0. The highest BCUT2D eigenvalue weighted by atomic mass is 16.2. The summed E-state index contributed by atoms with van der Waals surface area (Å²) in [5.74, 6) is 0.224. The summed E-state index contributed by atoms with van der Waals surface area (Å²) in [7, 11) is 1.85. The highest BCUT2D eigenvalue weighted by Gasteiger charge is 2.29. The number of rotatable bonds is 4. The van der Waals surface area contributed by atoms with Gasteiger partial charge in [0.25, 0.3) is 0 Å². The van der Waals surface area contributed by atoms with Crippen LogP contribution in [0.5, 0.6) is 0 Å². The Kier molecular flexibility index (Phi) is 5.61. The van der Waals surface area contributed by atoms with Crippen LogP contribution in [0, 0.1) is 17.2 Å². The fraction of sp³-hybridized carbons (Fsp3) is 0.526. The van der Waals surface area contributed by atoms with Crippen molar-refractivity contribution in [2.24, 2.45) is 5.92 Å². The topological polar surface area (TPSA) is 64.4 Å². The van der Waals surface area contributed by atoms with Gasteiger partial charge in [0, 0.05) is 37.7 Å². The Morgan fingerprint density at radius 1 is 1.29 bits per heavy atom. The van der Waals surface area contributed by atoms with Gasteiger partial charge < -0.3 is 9.80 Å². The van der Waals surface area contributed by atoms with Crippen LogP contribution in [0.1, 0.15) is 49.5 Å². The van der Waals surface area contributed by atoms with E-state index in [0.29, 0.717) is 11.1 Å². The third-order valence-electron chi connectivity index (χ3n) is 4.83. The summed E-state index contributed by atoms with van der Waals surface area (Å²) in [6.45, 7) is 6.99. The molecule has 1 aromatic rings. The largest absolute Gasteiger partial charge is 0.370 e. The number of anilines is 1. The van der Waals surface area contributed by atoms with Gasteiger partial charge in [0.2, 0.25) is 5.91 Å². The molecule has 0 bridgehead atoms. The van der Waals surface area contributed by atoms with Crippen LogP contribution in [0.3, 0.4) is 0 Å². The second kappa shape index (κ2) is 7.48. The number of benzene rings is 1. The first-order valence-corrected chi connectivity index (χ1v) is 8.41. The average molecular weight is 327 g/mol. The molecular weight excluding hydrogens is 302 g/mol. The van der Waals surface area contributed by atoms with Gasteiger partial charge in [-0.3, -0.25) is 9.59 Å². The normalized spacial score (nSPS) is 15.2. The van der Waals surface area contributed by atoms with Gasteiger partial charge in [0.1, 0.15) is 6.07 Å². The second-order valence-electron chi connectivity index (χ2n) is 6.70. The molecule has 0 N–H and O–H groups in total. The zero-order valence-electron chi connectivity index (χ0n) is 14.9. The van der Waals surface area contributed by atoms with E-state index in [2.05, 4.69) is 11.0 Å². The summed E-state index contributed by atoms with van der Waals surface area (Å²) in [6.07, 6.45) is 1.54. The number of hydrogen-bond acceptors (Lipinski definition) is 4. The summed E-state index contributed by atoms with van der Waals surface area (Å²) < 4.78 is 0. The van der Waals surface area contributed by atoms with Crippen molar-refractivity contribution in [3.63, 3.8) is 0 Å². The zero-order valence-corrected chi connectivity index (χ0v) is 14.9. The quantitative estimate of drug-likeness (QED) is 0.798. The van der Waals surface area contributed by atoms with Gasteiger partial charge >= 0.3 is 0 Å². The van der Waals surface area contributed by atoms with Crippen molar-refractivity contribution < 1.29 is 9.59 Å². The Hall–Kier alpha value is -2.35. The maximum atomic E-state index is 12.5. The Morgan fingerprint density at radius 2 is 1.92 bits per heavy atom. The number of Topliss-reactive ketones (excluding diaryl/α,β-unsaturated/α-hetero) is 1. The van der Waals surface area contributed by atoms with Crippen LogP contribution in [-0.4, -0.2) is 42.8 Å². The van der Waals surface area contributed by atoms with Crippen molar-refractivity contribution in [1.82, 2.24) is 4.90 Å². The van der Waals surface area contributed by atoms with E-state index in [1.54, 1.807) is 23.1 Å². The fourth-order valence-electron chi connectivity index (χ4n) is 3.02. The molecule has 128 valence electrons. The van der Waals surface area contributed by atoms with Crippen LogP contribution in [0.25, 0.3) is 0 Å². The highest BCUT2D eigenvalue weighted by molar-refractivity contribution is 5.95. The first kappa shape index (κ1) is 18.0. The van der Waals surface area contributed by atoms with Crippen molar-refractivity contribution in [2.75, 3.05) is 25.0 Å². The molecule has 0 aliphatic carbocycles. The lowest BCUT2D eigenvalue weighted by Gasteiger charge is -2.36. The van der Waals surface area contributed by atoms with E-state index in [1.165, 1.54) is 6.92 Å². The molecule has 0 spiro atoms. The maximum Gasteiger partial charge on any atom is 0.225 e. The number of amides is 1. The third-order valence-corrected chi connectivity index (χ3v) is 4.83. The van der Waals surface area contributed by atoms with Gasteiger partial charge in [-0.2, -0.15) is 5.26 Å². The molecule has 2 rings (SSSR count). The Labute approximate surface area is 143 Å². The molecule has 0 aromatic heterocycles. The van der Waals surface area contributed by atoms with Gasteiger partial charge in [-0.05, 0) is 51.8 Å². The number of nitrogens with zero attached hydrogens (tertiary/aromatic N) is 3. The van der Waals surface area contributed by atoms with Gasteiger partial charge in [0.15, 0.2) is 5.78 Å². The van der Waals surface area contributed by atoms with E-state index in [-0.39, 0.29) is 23.7 Å². The van der Waals surface area contributed by atoms with Crippen molar-refractivity contribution in [3.8, 4) is 6.07 Å². The molecular formula is C19H25N3O2. The monoisotopic (exact) mass is 327 g/mol. The molecule has 0 saturated carbocycles. The van der Waals surface area contributed by atoms with Crippen molar-refractivity contribution in [1.29, 1.82) is 5.26 Å². The van der Waals surface area contributed by atoms with Crippen LogP contribution in [0.4, 0.5) is 5.69 Å².